The minimum absolute atomic E-state index is 0.269. The van der Waals surface area contributed by atoms with Gasteiger partial charge in [-0.1, -0.05) is 24.2 Å². The highest BCUT2D eigenvalue weighted by Gasteiger charge is 2.14. The second-order valence-corrected chi connectivity index (χ2v) is 4.85. The van der Waals surface area contributed by atoms with E-state index < -0.39 is 5.97 Å². The van der Waals surface area contributed by atoms with Crippen molar-refractivity contribution < 1.29 is 14.4 Å². The molecule has 0 saturated heterocycles. The van der Waals surface area contributed by atoms with Crippen LogP contribution in [0.15, 0.2) is 35.0 Å². The Morgan fingerprint density at radius 2 is 2.24 bits per heavy atom. The lowest BCUT2D eigenvalue weighted by Crippen LogP contribution is -2.04. The average molecular weight is 285 g/mol. The van der Waals surface area contributed by atoms with E-state index in [4.69, 9.17) is 4.52 Å². The normalized spacial score (nSPS) is 11.1. The fraction of sp³-hybridized carbons (Fsp3) is 0.267. The van der Waals surface area contributed by atoms with Crippen LogP contribution in [0.2, 0.25) is 0 Å². The predicted molar refractivity (Wildman–Crippen MR) is 76.3 cm³/mol. The second-order valence-electron chi connectivity index (χ2n) is 4.85. The van der Waals surface area contributed by atoms with Gasteiger partial charge in [0.15, 0.2) is 5.82 Å². The maximum atomic E-state index is 11.3. The summed E-state index contributed by atoms with van der Waals surface area (Å²) in [6.45, 7) is 2.42. The summed E-state index contributed by atoms with van der Waals surface area (Å²) >= 11 is 0. The highest BCUT2D eigenvalue weighted by molar-refractivity contribution is 6.02. The molecule has 0 amide bonds. The number of para-hydroxylation sites is 1. The Bertz CT molecular complexity index is 788. The van der Waals surface area contributed by atoms with E-state index in [1.807, 2.05) is 22.9 Å². The lowest BCUT2D eigenvalue weighted by Gasteiger charge is -2.04. The van der Waals surface area contributed by atoms with Gasteiger partial charge in [-0.05, 0) is 18.6 Å². The van der Waals surface area contributed by atoms with Gasteiger partial charge in [0.25, 0.3) is 0 Å². The molecule has 2 aromatic heterocycles. The van der Waals surface area contributed by atoms with Crippen LogP contribution in [-0.4, -0.2) is 25.8 Å². The van der Waals surface area contributed by atoms with Crippen molar-refractivity contribution in [3.8, 4) is 0 Å². The van der Waals surface area contributed by atoms with Crippen molar-refractivity contribution in [2.24, 2.45) is 0 Å². The van der Waals surface area contributed by atoms with Gasteiger partial charge in [0, 0.05) is 18.0 Å². The lowest BCUT2D eigenvalue weighted by molar-refractivity contribution is 0.0698. The van der Waals surface area contributed by atoms with Crippen LogP contribution < -0.4 is 0 Å². The van der Waals surface area contributed by atoms with Gasteiger partial charge in [0.2, 0.25) is 5.89 Å². The summed E-state index contributed by atoms with van der Waals surface area (Å²) in [5.41, 5.74) is 0.936. The van der Waals surface area contributed by atoms with Gasteiger partial charge < -0.3 is 14.2 Å². The van der Waals surface area contributed by atoms with Crippen LogP contribution in [0.25, 0.3) is 10.9 Å². The molecule has 0 bridgehead atoms. The molecule has 0 radical (unpaired) electrons. The van der Waals surface area contributed by atoms with E-state index in [1.54, 1.807) is 12.1 Å². The molecular formula is C15H15N3O3. The summed E-state index contributed by atoms with van der Waals surface area (Å²) < 4.78 is 7.03. The number of fused-ring (bicyclic) bond motifs is 1. The standard InChI is InChI=1S/C15H15N3O3/c1-2-4-12-16-13(21-17-12)9-18-8-7-10-5-3-6-11(14(10)18)15(19)20/h3,5-8H,2,4,9H2,1H3,(H,19,20). The molecule has 21 heavy (non-hydrogen) atoms. The smallest absolute Gasteiger partial charge is 0.337 e. The van der Waals surface area contributed by atoms with Crippen LogP contribution >= 0.6 is 0 Å². The summed E-state index contributed by atoms with van der Waals surface area (Å²) in [6.07, 6.45) is 3.56. The predicted octanol–water partition coefficient (Wildman–Crippen LogP) is 2.72. The Morgan fingerprint density at radius 3 is 3.00 bits per heavy atom. The van der Waals surface area contributed by atoms with Gasteiger partial charge in [-0.15, -0.1) is 0 Å². The number of nitrogens with zero attached hydrogens (tertiary/aromatic N) is 3. The zero-order valence-corrected chi connectivity index (χ0v) is 11.6. The number of aromatic nitrogens is 3. The summed E-state index contributed by atoms with van der Waals surface area (Å²) in [5, 5.41) is 14.1. The molecule has 3 aromatic rings. The molecule has 3 rings (SSSR count). The molecule has 1 N–H and O–H groups in total. The molecular weight excluding hydrogens is 270 g/mol. The molecule has 0 fully saturated rings. The van der Waals surface area contributed by atoms with E-state index in [2.05, 4.69) is 17.1 Å². The Hall–Kier alpha value is -2.63. The largest absolute Gasteiger partial charge is 0.478 e. The van der Waals surface area contributed by atoms with Crippen LogP contribution in [0, 0.1) is 0 Å². The van der Waals surface area contributed by atoms with Crippen molar-refractivity contribution in [2.45, 2.75) is 26.3 Å². The molecule has 6 heteroatoms. The Morgan fingerprint density at radius 1 is 1.38 bits per heavy atom. The molecule has 0 unspecified atom stereocenters. The summed E-state index contributed by atoms with van der Waals surface area (Å²) in [7, 11) is 0. The Labute approximate surface area is 121 Å². The van der Waals surface area contributed by atoms with Crippen LogP contribution in [-0.2, 0) is 13.0 Å². The van der Waals surface area contributed by atoms with Crippen LogP contribution in [0.3, 0.4) is 0 Å². The van der Waals surface area contributed by atoms with Crippen molar-refractivity contribution >= 4 is 16.9 Å². The van der Waals surface area contributed by atoms with Crippen molar-refractivity contribution in [3.05, 3.63) is 47.7 Å². The first-order chi connectivity index (χ1) is 10.2. The number of benzene rings is 1. The molecule has 0 spiro atoms. The monoisotopic (exact) mass is 285 g/mol. The highest BCUT2D eigenvalue weighted by Crippen LogP contribution is 2.21. The van der Waals surface area contributed by atoms with E-state index in [-0.39, 0.29) is 5.56 Å². The summed E-state index contributed by atoms with van der Waals surface area (Å²) in [6, 6.07) is 7.10. The Kier molecular flexibility index (Phi) is 3.43. The molecule has 6 nitrogen and oxygen atoms in total. The second kappa shape index (κ2) is 5.40. The summed E-state index contributed by atoms with van der Waals surface area (Å²) in [4.78, 5) is 15.7. The number of aryl methyl sites for hydroxylation is 1. The zero-order chi connectivity index (χ0) is 14.8. The van der Waals surface area contributed by atoms with Gasteiger partial charge in [-0.25, -0.2) is 4.79 Å². The van der Waals surface area contributed by atoms with Crippen molar-refractivity contribution in [1.82, 2.24) is 14.7 Å². The quantitative estimate of drug-likeness (QED) is 0.779. The molecule has 108 valence electrons. The number of hydrogen-bond donors (Lipinski definition) is 1. The summed E-state index contributed by atoms with van der Waals surface area (Å²) in [5.74, 6) is 0.219. The minimum Gasteiger partial charge on any atom is -0.478 e. The zero-order valence-electron chi connectivity index (χ0n) is 11.6. The third kappa shape index (κ3) is 2.52. The number of hydrogen-bond acceptors (Lipinski definition) is 4. The number of carboxylic acids is 1. The van der Waals surface area contributed by atoms with Gasteiger partial charge in [-0.2, -0.15) is 4.98 Å². The molecule has 2 heterocycles. The highest BCUT2D eigenvalue weighted by atomic mass is 16.5. The number of carbonyl (C=O) groups is 1. The first-order valence-corrected chi connectivity index (χ1v) is 6.81. The SMILES string of the molecule is CCCc1noc(Cn2ccc3cccc(C(=O)O)c32)n1. The van der Waals surface area contributed by atoms with E-state index in [0.717, 1.165) is 18.2 Å². The Balaban J connectivity index is 1.98. The fourth-order valence-electron chi connectivity index (χ4n) is 2.39. The fourth-order valence-corrected chi connectivity index (χ4v) is 2.39. The molecule has 1 aromatic carbocycles. The van der Waals surface area contributed by atoms with E-state index >= 15 is 0 Å². The van der Waals surface area contributed by atoms with Crippen molar-refractivity contribution in [3.63, 3.8) is 0 Å². The molecule has 0 aliphatic heterocycles. The van der Waals surface area contributed by atoms with Crippen molar-refractivity contribution in [2.75, 3.05) is 0 Å². The first kappa shape index (κ1) is 13.4. The lowest BCUT2D eigenvalue weighted by atomic mass is 10.1. The van der Waals surface area contributed by atoms with E-state index in [0.29, 0.717) is 23.8 Å². The molecule has 0 aliphatic rings. The van der Waals surface area contributed by atoms with Gasteiger partial charge in [0.1, 0.15) is 6.54 Å². The van der Waals surface area contributed by atoms with E-state index in [9.17, 15) is 9.90 Å². The third-order valence-electron chi connectivity index (χ3n) is 3.31. The maximum absolute atomic E-state index is 11.3. The van der Waals surface area contributed by atoms with Gasteiger partial charge in [-0.3, -0.25) is 0 Å². The third-order valence-corrected chi connectivity index (χ3v) is 3.31. The van der Waals surface area contributed by atoms with Crippen LogP contribution in [0.4, 0.5) is 0 Å². The number of aromatic carboxylic acids is 1. The molecule has 0 saturated carbocycles. The van der Waals surface area contributed by atoms with Gasteiger partial charge in [0.05, 0.1) is 11.1 Å². The maximum Gasteiger partial charge on any atom is 0.337 e. The van der Waals surface area contributed by atoms with Gasteiger partial charge >= 0.3 is 5.97 Å². The molecule has 0 aliphatic carbocycles. The van der Waals surface area contributed by atoms with Crippen molar-refractivity contribution in [1.29, 1.82) is 0 Å². The van der Waals surface area contributed by atoms with Crippen LogP contribution in [0.5, 0.6) is 0 Å². The topological polar surface area (TPSA) is 81.2 Å². The van der Waals surface area contributed by atoms with E-state index in [1.165, 1.54) is 0 Å². The molecule has 0 atom stereocenters. The first-order valence-electron chi connectivity index (χ1n) is 6.81. The minimum atomic E-state index is -0.947. The number of carboxylic acid groups (broad SMARTS) is 1. The van der Waals surface area contributed by atoms with Crippen LogP contribution in [0.1, 0.15) is 35.4 Å². The average Bonchev–Trinajstić information content (AvgIpc) is 3.07. The number of rotatable bonds is 5.